The van der Waals surface area contributed by atoms with Crippen LogP contribution in [-0.2, 0) is 33.7 Å². The first-order chi connectivity index (χ1) is 12.6. The van der Waals surface area contributed by atoms with Crippen molar-refractivity contribution in [3.63, 3.8) is 0 Å². The molecule has 27 heavy (non-hydrogen) atoms. The fourth-order valence-corrected chi connectivity index (χ4v) is 3.10. The van der Waals surface area contributed by atoms with Crippen LogP contribution in [0.5, 0.6) is 5.75 Å². The maximum atomic E-state index is 12.3. The molecule has 1 aliphatic rings. The van der Waals surface area contributed by atoms with Crippen molar-refractivity contribution in [3.8, 4) is 5.75 Å². The summed E-state index contributed by atoms with van der Waals surface area (Å²) >= 11 is 0. The molecule has 0 N–H and O–H groups in total. The number of carbonyl (C=O) groups is 3. The lowest BCUT2D eigenvalue weighted by Crippen LogP contribution is -2.27. The van der Waals surface area contributed by atoms with Crippen LogP contribution < -0.4 is 4.74 Å². The van der Waals surface area contributed by atoms with Gasteiger partial charge in [0.25, 0.3) is 0 Å². The van der Waals surface area contributed by atoms with Crippen molar-refractivity contribution >= 4 is 18.4 Å². The van der Waals surface area contributed by atoms with Gasteiger partial charge >= 0.3 is 12.1 Å². The second kappa shape index (κ2) is 7.94. The zero-order chi connectivity index (χ0) is 20.4. The van der Waals surface area contributed by atoms with Crippen LogP contribution in [0.15, 0.2) is 11.6 Å². The molecule has 0 fully saturated rings. The molecular formula is C21H26O6. The van der Waals surface area contributed by atoms with Gasteiger partial charge < -0.3 is 14.2 Å². The molecule has 0 aliphatic carbocycles. The molecule has 1 aliphatic heterocycles. The summed E-state index contributed by atoms with van der Waals surface area (Å²) < 4.78 is 16.0. The Morgan fingerprint density at radius 1 is 1.26 bits per heavy atom. The molecule has 0 radical (unpaired) electrons. The SMILES string of the molecule is CCc1c(C)c2c(c(OC(=O)OC(C)(C)C)c1C/C=C(\C)C=O)C(=O)OC2. The highest BCUT2D eigenvalue weighted by Gasteiger charge is 2.33. The predicted molar refractivity (Wildman–Crippen MR) is 100 cm³/mol. The number of fused-ring (bicyclic) bond motifs is 1. The van der Waals surface area contributed by atoms with E-state index in [4.69, 9.17) is 14.2 Å². The topological polar surface area (TPSA) is 78.9 Å². The van der Waals surface area contributed by atoms with Gasteiger partial charge in [0, 0.05) is 11.1 Å². The Morgan fingerprint density at radius 3 is 2.48 bits per heavy atom. The molecule has 0 amide bonds. The van der Waals surface area contributed by atoms with Crippen LogP contribution in [0.25, 0.3) is 0 Å². The third kappa shape index (κ3) is 4.56. The van der Waals surface area contributed by atoms with Gasteiger partial charge in [-0.05, 0) is 64.2 Å². The summed E-state index contributed by atoms with van der Waals surface area (Å²) in [6, 6.07) is 0. The van der Waals surface area contributed by atoms with Crippen LogP contribution in [0.4, 0.5) is 4.79 Å². The zero-order valence-electron chi connectivity index (χ0n) is 16.7. The minimum atomic E-state index is -0.882. The van der Waals surface area contributed by atoms with Gasteiger partial charge in [0.1, 0.15) is 24.1 Å². The molecule has 0 saturated carbocycles. The molecule has 0 bridgehead atoms. The minimum absolute atomic E-state index is 0.154. The number of carbonyl (C=O) groups excluding carboxylic acids is 3. The Bertz CT molecular complexity index is 811. The van der Waals surface area contributed by atoms with Gasteiger partial charge in [-0.25, -0.2) is 9.59 Å². The van der Waals surface area contributed by atoms with E-state index in [0.717, 1.165) is 23.0 Å². The van der Waals surface area contributed by atoms with E-state index in [-0.39, 0.29) is 17.9 Å². The lowest BCUT2D eigenvalue weighted by atomic mass is 9.89. The van der Waals surface area contributed by atoms with Crippen LogP contribution in [0.2, 0.25) is 0 Å². The smallest absolute Gasteiger partial charge is 0.457 e. The summed E-state index contributed by atoms with van der Waals surface area (Å²) in [7, 11) is 0. The lowest BCUT2D eigenvalue weighted by molar-refractivity contribution is -0.104. The Kier molecular flexibility index (Phi) is 6.08. The largest absolute Gasteiger partial charge is 0.514 e. The summed E-state index contributed by atoms with van der Waals surface area (Å²) in [5, 5.41) is 0. The third-order valence-corrected chi connectivity index (χ3v) is 4.37. The molecule has 6 heteroatoms. The molecule has 1 heterocycles. The normalized spacial score (nSPS) is 13.9. The molecule has 1 aromatic carbocycles. The van der Waals surface area contributed by atoms with Crippen LogP contribution >= 0.6 is 0 Å². The molecule has 0 aromatic heterocycles. The first-order valence-corrected chi connectivity index (χ1v) is 8.96. The Balaban J connectivity index is 2.63. The van der Waals surface area contributed by atoms with E-state index in [0.29, 0.717) is 24.0 Å². The number of rotatable bonds is 5. The number of benzene rings is 1. The predicted octanol–water partition coefficient (Wildman–Crippen LogP) is 4.23. The van der Waals surface area contributed by atoms with E-state index < -0.39 is 17.7 Å². The van der Waals surface area contributed by atoms with Crippen molar-refractivity contribution in [2.75, 3.05) is 0 Å². The average Bonchev–Trinajstić information content (AvgIpc) is 2.95. The Hall–Kier alpha value is -2.63. The molecule has 146 valence electrons. The van der Waals surface area contributed by atoms with Gasteiger partial charge in [0.15, 0.2) is 5.75 Å². The van der Waals surface area contributed by atoms with E-state index in [2.05, 4.69) is 0 Å². The Labute approximate surface area is 159 Å². The van der Waals surface area contributed by atoms with Gasteiger partial charge in [-0.15, -0.1) is 0 Å². The highest BCUT2D eigenvalue weighted by atomic mass is 16.7. The molecule has 0 unspecified atom stereocenters. The maximum Gasteiger partial charge on any atom is 0.514 e. The summed E-state index contributed by atoms with van der Waals surface area (Å²) in [4.78, 5) is 35.6. The maximum absolute atomic E-state index is 12.3. The molecule has 1 aromatic rings. The third-order valence-electron chi connectivity index (χ3n) is 4.37. The average molecular weight is 374 g/mol. The van der Waals surface area contributed by atoms with Gasteiger partial charge in [0.05, 0.1) is 0 Å². The zero-order valence-corrected chi connectivity index (χ0v) is 16.7. The monoisotopic (exact) mass is 374 g/mol. The summed E-state index contributed by atoms with van der Waals surface area (Å²) in [6.07, 6.45) is 2.66. The van der Waals surface area contributed by atoms with Gasteiger partial charge in [0.2, 0.25) is 0 Å². The van der Waals surface area contributed by atoms with Gasteiger partial charge in [-0.1, -0.05) is 13.0 Å². The van der Waals surface area contributed by atoms with Crippen molar-refractivity contribution in [3.05, 3.63) is 39.5 Å². The first-order valence-electron chi connectivity index (χ1n) is 8.96. The first kappa shape index (κ1) is 20.7. The van der Waals surface area contributed by atoms with Crippen molar-refractivity contribution in [1.29, 1.82) is 0 Å². The minimum Gasteiger partial charge on any atom is -0.457 e. The summed E-state index contributed by atoms with van der Waals surface area (Å²) in [5.41, 5.74) is 3.44. The quantitative estimate of drug-likeness (QED) is 0.332. The lowest BCUT2D eigenvalue weighted by Gasteiger charge is -2.22. The second-order valence-corrected chi connectivity index (χ2v) is 7.53. The van der Waals surface area contributed by atoms with E-state index in [1.165, 1.54) is 0 Å². The second-order valence-electron chi connectivity index (χ2n) is 7.53. The van der Waals surface area contributed by atoms with E-state index in [9.17, 15) is 14.4 Å². The van der Waals surface area contributed by atoms with Crippen molar-refractivity contribution in [1.82, 2.24) is 0 Å². The number of esters is 1. The van der Waals surface area contributed by atoms with Crippen LogP contribution in [0, 0.1) is 6.92 Å². The van der Waals surface area contributed by atoms with Gasteiger partial charge in [-0.2, -0.15) is 0 Å². The molecule has 2 rings (SSSR count). The van der Waals surface area contributed by atoms with Crippen LogP contribution in [-0.4, -0.2) is 24.0 Å². The Morgan fingerprint density at radius 2 is 1.93 bits per heavy atom. The number of allylic oxidation sites excluding steroid dienone is 2. The van der Waals surface area contributed by atoms with E-state index >= 15 is 0 Å². The number of cyclic esters (lactones) is 1. The summed E-state index contributed by atoms with van der Waals surface area (Å²) in [5.74, 6) is -0.356. The van der Waals surface area contributed by atoms with E-state index in [1.807, 2.05) is 13.8 Å². The molecule has 0 spiro atoms. The fourth-order valence-electron chi connectivity index (χ4n) is 3.10. The number of ether oxygens (including phenoxy) is 3. The van der Waals surface area contributed by atoms with Crippen molar-refractivity contribution in [2.45, 2.75) is 66.6 Å². The number of hydrogen-bond donors (Lipinski definition) is 0. The summed E-state index contributed by atoms with van der Waals surface area (Å²) in [6.45, 7) is 11.0. The standard InChI is InChI=1S/C21H26O6/c1-7-14-13(3)16-11-25-19(23)17(16)18(15(14)9-8-12(2)10-22)26-20(24)27-21(4,5)6/h8,10H,7,9,11H2,1-6H3/b12-8+. The molecule has 0 atom stereocenters. The highest BCUT2D eigenvalue weighted by molar-refractivity contribution is 5.98. The fraction of sp³-hybridized carbons (Fsp3) is 0.476. The number of aldehydes is 1. The van der Waals surface area contributed by atoms with Crippen molar-refractivity contribution < 1.29 is 28.6 Å². The van der Waals surface area contributed by atoms with Gasteiger partial charge in [-0.3, -0.25) is 4.79 Å². The van der Waals surface area contributed by atoms with Crippen molar-refractivity contribution in [2.24, 2.45) is 0 Å². The van der Waals surface area contributed by atoms with E-state index in [1.54, 1.807) is 33.8 Å². The van der Waals surface area contributed by atoms with Crippen LogP contribution in [0.1, 0.15) is 67.2 Å². The number of hydrogen-bond acceptors (Lipinski definition) is 6. The molecule has 0 saturated heterocycles. The van der Waals surface area contributed by atoms with Crippen LogP contribution in [0.3, 0.4) is 0 Å². The molecular weight excluding hydrogens is 348 g/mol. The highest BCUT2D eigenvalue weighted by Crippen LogP contribution is 2.39. The molecule has 6 nitrogen and oxygen atoms in total.